The fourth-order valence-corrected chi connectivity index (χ4v) is 2.71. The monoisotopic (exact) mass is 242 g/mol. The average Bonchev–Trinajstić information content (AvgIpc) is 2.97. The molecule has 1 aromatic carbocycles. The normalized spacial score (nSPS) is 11.5. The van der Waals surface area contributed by atoms with Gasteiger partial charge in [-0.2, -0.15) is 0 Å². The summed E-state index contributed by atoms with van der Waals surface area (Å²) in [6, 6.07) is 7.92. The molecule has 0 amide bonds. The van der Waals surface area contributed by atoms with Gasteiger partial charge in [-0.05, 0) is 12.1 Å². The van der Waals surface area contributed by atoms with Gasteiger partial charge in [-0.15, -0.1) is 10.2 Å². The van der Waals surface area contributed by atoms with Crippen LogP contribution in [0.1, 0.15) is 0 Å². The third-order valence-electron chi connectivity index (χ3n) is 2.58. The zero-order chi connectivity index (χ0) is 11.2. The van der Waals surface area contributed by atoms with Crippen molar-refractivity contribution in [1.82, 2.24) is 29.7 Å². The molecule has 0 aliphatic heterocycles. The van der Waals surface area contributed by atoms with E-state index in [0.29, 0.717) is 0 Å². The van der Waals surface area contributed by atoms with Gasteiger partial charge in [0.25, 0.3) is 0 Å². The molecule has 0 N–H and O–H groups in total. The molecule has 0 bridgehead atoms. The number of fused-ring (bicyclic) bond motifs is 5. The molecule has 0 spiro atoms. The zero-order valence-electron chi connectivity index (χ0n) is 8.56. The Kier molecular flexibility index (Phi) is 1.61. The van der Waals surface area contributed by atoms with Crippen LogP contribution in [0.4, 0.5) is 0 Å². The number of nitrogens with zero attached hydrogens (tertiary/aromatic N) is 6. The fraction of sp³-hybridized carbons (Fsp3) is 0. The van der Waals surface area contributed by atoms with E-state index < -0.39 is 0 Å². The lowest BCUT2D eigenvalue weighted by molar-refractivity contribution is 0.869. The molecule has 0 radical (unpaired) electrons. The van der Waals surface area contributed by atoms with Crippen LogP contribution in [-0.2, 0) is 0 Å². The second-order valence-corrected chi connectivity index (χ2v) is 4.60. The van der Waals surface area contributed by atoms with Crippen LogP contribution in [0.3, 0.4) is 0 Å². The molecule has 0 atom stereocenters. The Morgan fingerprint density at radius 1 is 0.824 bits per heavy atom. The van der Waals surface area contributed by atoms with Crippen molar-refractivity contribution in [2.24, 2.45) is 0 Å². The molecule has 7 heteroatoms. The van der Waals surface area contributed by atoms with Crippen molar-refractivity contribution in [3.63, 3.8) is 0 Å². The molecule has 3 aromatic heterocycles. The highest BCUT2D eigenvalue weighted by Gasteiger charge is 2.05. The van der Waals surface area contributed by atoms with Gasteiger partial charge in [-0.3, -0.25) is 0 Å². The zero-order valence-corrected chi connectivity index (χ0v) is 9.37. The van der Waals surface area contributed by atoms with Gasteiger partial charge in [-0.1, -0.05) is 33.9 Å². The second kappa shape index (κ2) is 3.11. The summed E-state index contributed by atoms with van der Waals surface area (Å²) < 4.78 is 3.63. The number of benzene rings is 1. The molecule has 0 saturated heterocycles. The summed E-state index contributed by atoms with van der Waals surface area (Å²) >= 11 is 1.55. The highest BCUT2D eigenvalue weighted by Crippen LogP contribution is 2.20. The first-order chi connectivity index (χ1) is 8.43. The van der Waals surface area contributed by atoms with Crippen LogP contribution in [0.5, 0.6) is 0 Å². The van der Waals surface area contributed by atoms with Crippen molar-refractivity contribution in [1.29, 1.82) is 0 Å². The van der Waals surface area contributed by atoms with E-state index in [9.17, 15) is 0 Å². The summed E-state index contributed by atoms with van der Waals surface area (Å²) in [4.78, 5) is 1.91. The van der Waals surface area contributed by atoms with Gasteiger partial charge in [0.15, 0.2) is 0 Å². The summed E-state index contributed by atoms with van der Waals surface area (Å²) in [7, 11) is 0. The lowest BCUT2D eigenvalue weighted by atomic mass is 10.3. The van der Waals surface area contributed by atoms with Crippen molar-refractivity contribution < 1.29 is 0 Å². The molecule has 0 fully saturated rings. The molecule has 17 heavy (non-hydrogen) atoms. The van der Waals surface area contributed by atoms with Gasteiger partial charge in [0.05, 0.1) is 23.4 Å². The molecular weight excluding hydrogens is 236 g/mol. The van der Waals surface area contributed by atoms with Gasteiger partial charge in [0.2, 0.25) is 0 Å². The van der Waals surface area contributed by atoms with Crippen LogP contribution in [-0.4, -0.2) is 29.7 Å². The lowest BCUT2D eigenvalue weighted by Gasteiger charge is -1.94. The van der Waals surface area contributed by atoms with E-state index >= 15 is 0 Å². The molecule has 4 rings (SSSR count). The number of para-hydroxylation sites is 2. The van der Waals surface area contributed by atoms with E-state index in [-0.39, 0.29) is 0 Å². The quantitative estimate of drug-likeness (QED) is 0.469. The van der Waals surface area contributed by atoms with Gasteiger partial charge >= 0.3 is 0 Å². The molecule has 0 saturated carbocycles. The first-order valence-electron chi connectivity index (χ1n) is 5.02. The first-order valence-corrected chi connectivity index (χ1v) is 5.84. The summed E-state index contributed by atoms with van der Waals surface area (Å²) in [6.07, 6.45) is 3.48. The van der Waals surface area contributed by atoms with Gasteiger partial charge in [-0.25, -0.2) is 9.03 Å². The minimum absolute atomic E-state index is 0.955. The van der Waals surface area contributed by atoms with Crippen LogP contribution in [0.2, 0.25) is 0 Å². The molecule has 0 aliphatic rings. The molecular formula is C10H6N6S. The maximum Gasteiger partial charge on any atom is 0.142 e. The Labute approximate surface area is 98.8 Å². The Balaban J connectivity index is 2.49. The number of rotatable bonds is 0. The predicted octanol–water partition coefficient (Wildman–Crippen LogP) is 1.55. The summed E-state index contributed by atoms with van der Waals surface area (Å²) in [6.45, 7) is 0. The molecule has 0 unspecified atom stereocenters. The Morgan fingerprint density at radius 2 is 1.35 bits per heavy atom. The van der Waals surface area contributed by atoms with Crippen molar-refractivity contribution in [2.75, 3.05) is 0 Å². The van der Waals surface area contributed by atoms with E-state index in [2.05, 4.69) is 20.6 Å². The topological polar surface area (TPSA) is 60.4 Å². The number of aromatic nitrogens is 6. The number of hydrogen-bond donors (Lipinski definition) is 0. The van der Waals surface area contributed by atoms with Gasteiger partial charge < -0.3 is 0 Å². The molecule has 3 heterocycles. The summed E-state index contributed by atoms with van der Waals surface area (Å²) in [5, 5.41) is 16.1. The van der Waals surface area contributed by atoms with E-state index in [1.165, 1.54) is 0 Å². The largest absolute Gasteiger partial charge is 0.201 e. The standard InChI is InChI=1S/C10H6N6S/c1-2-4-8-7(3-1)15-9(5-11-13-15)17-10-6-12-14-16(8)10/h1-6H. The second-order valence-electron chi connectivity index (χ2n) is 3.56. The van der Waals surface area contributed by atoms with Gasteiger partial charge in [0.1, 0.15) is 9.66 Å². The van der Waals surface area contributed by atoms with Crippen molar-refractivity contribution in [3.8, 4) is 0 Å². The van der Waals surface area contributed by atoms with E-state index in [0.717, 1.165) is 20.7 Å². The summed E-state index contributed by atoms with van der Waals surface area (Å²) in [5.74, 6) is 0. The predicted molar refractivity (Wildman–Crippen MR) is 63.7 cm³/mol. The van der Waals surface area contributed by atoms with Crippen LogP contribution >= 0.6 is 11.3 Å². The third-order valence-corrected chi connectivity index (χ3v) is 3.56. The van der Waals surface area contributed by atoms with E-state index in [1.54, 1.807) is 23.7 Å². The van der Waals surface area contributed by atoms with Crippen LogP contribution in [0.25, 0.3) is 20.7 Å². The van der Waals surface area contributed by atoms with Crippen molar-refractivity contribution in [3.05, 3.63) is 36.7 Å². The van der Waals surface area contributed by atoms with Crippen molar-refractivity contribution >= 4 is 32.0 Å². The molecule has 0 aliphatic carbocycles. The molecule has 6 nitrogen and oxygen atoms in total. The minimum atomic E-state index is 0.955. The smallest absolute Gasteiger partial charge is 0.142 e. The minimum Gasteiger partial charge on any atom is -0.201 e. The van der Waals surface area contributed by atoms with E-state index in [4.69, 9.17) is 0 Å². The molecule has 4 aromatic rings. The van der Waals surface area contributed by atoms with Crippen LogP contribution < -0.4 is 0 Å². The van der Waals surface area contributed by atoms with E-state index in [1.807, 2.05) is 33.3 Å². The lowest BCUT2D eigenvalue weighted by Crippen LogP contribution is -1.90. The average molecular weight is 242 g/mol. The van der Waals surface area contributed by atoms with Gasteiger partial charge in [0, 0.05) is 0 Å². The third kappa shape index (κ3) is 1.14. The maximum absolute atomic E-state index is 4.11. The first kappa shape index (κ1) is 8.82. The van der Waals surface area contributed by atoms with Crippen molar-refractivity contribution in [2.45, 2.75) is 0 Å². The van der Waals surface area contributed by atoms with Crippen LogP contribution in [0.15, 0.2) is 36.7 Å². The number of hydrogen-bond acceptors (Lipinski definition) is 5. The molecule has 82 valence electrons. The Hall–Kier alpha value is -2.28. The van der Waals surface area contributed by atoms with Crippen LogP contribution in [0, 0.1) is 0 Å². The fourth-order valence-electron chi connectivity index (χ4n) is 1.85. The highest BCUT2D eigenvalue weighted by molar-refractivity contribution is 7.22. The SMILES string of the molecule is c1ccc2c(c1)n1nncc1sc1cnnn12. The summed E-state index contributed by atoms with van der Waals surface area (Å²) in [5.41, 5.74) is 1.91. The Bertz CT molecular complexity index is 785. The maximum atomic E-state index is 4.11. The highest BCUT2D eigenvalue weighted by atomic mass is 32.1. The Morgan fingerprint density at radius 3 is 1.88 bits per heavy atom.